The molecule has 2 rings (SSSR count). The van der Waals surface area contributed by atoms with E-state index in [9.17, 15) is 14.4 Å². The Morgan fingerprint density at radius 3 is 2.53 bits per heavy atom. The topological polar surface area (TPSA) is 133 Å². The van der Waals surface area contributed by atoms with E-state index in [0.29, 0.717) is 43.7 Å². The smallest absolute Gasteiger partial charge is 0.332 e. The first-order valence-electron chi connectivity index (χ1n) is 9.80. The monoisotopic (exact) mass is 420 g/mol. The van der Waals surface area contributed by atoms with E-state index >= 15 is 0 Å². The van der Waals surface area contributed by atoms with Crippen molar-refractivity contribution in [3.8, 4) is 0 Å². The lowest BCUT2D eigenvalue weighted by Crippen LogP contribution is -2.50. The van der Waals surface area contributed by atoms with Crippen LogP contribution in [0.1, 0.15) is 42.6 Å². The zero-order valence-corrected chi connectivity index (χ0v) is 17.2. The summed E-state index contributed by atoms with van der Waals surface area (Å²) >= 11 is 0. The standard InChI is InChI=1S/C20H28N4O6/c1-3-28-18(25)13-29-17-8-10-24(11-9-17)20(27)14(2)23-19(26)16-6-4-15(5-7-16)12-22-30-21/h4-7,12,14,17H,3,8-11,13,21H2,1-2H3,(H,23,26)/t14-/m0/s1. The van der Waals surface area contributed by atoms with Crippen LogP contribution in [0.5, 0.6) is 0 Å². The number of esters is 1. The normalized spacial score (nSPS) is 15.6. The molecule has 0 saturated carbocycles. The Balaban J connectivity index is 1.78. The highest BCUT2D eigenvalue weighted by Crippen LogP contribution is 2.15. The van der Waals surface area contributed by atoms with Gasteiger partial charge < -0.3 is 24.6 Å². The summed E-state index contributed by atoms with van der Waals surface area (Å²) in [5.74, 6) is 3.93. The van der Waals surface area contributed by atoms with Gasteiger partial charge in [0, 0.05) is 18.7 Å². The molecule has 1 fully saturated rings. The third-order valence-corrected chi connectivity index (χ3v) is 4.65. The van der Waals surface area contributed by atoms with Gasteiger partial charge in [-0.15, -0.1) is 5.90 Å². The van der Waals surface area contributed by atoms with Gasteiger partial charge in [-0.3, -0.25) is 9.59 Å². The largest absolute Gasteiger partial charge is 0.464 e. The number of carbonyl (C=O) groups is 3. The van der Waals surface area contributed by atoms with E-state index < -0.39 is 6.04 Å². The maximum atomic E-state index is 12.6. The van der Waals surface area contributed by atoms with Gasteiger partial charge in [-0.05, 0) is 44.4 Å². The number of likely N-dealkylation sites (tertiary alicyclic amines) is 1. The van der Waals surface area contributed by atoms with Crippen LogP contribution in [0.2, 0.25) is 0 Å². The van der Waals surface area contributed by atoms with Gasteiger partial charge in [0.1, 0.15) is 12.6 Å². The van der Waals surface area contributed by atoms with Gasteiger partial charge in [0.05, 0.1) is 18.9 Å². The summed E-state index contributed by atoms with van der Waals surface area (Å²) in [6.07, 6.45) is 2.58. The minimum absolute atomic E-state index is 0.0806. The Bertz CT molecular complexity index is 744. The molecule has 10 nitrogen and oxygen atoms in total. The molecule has 1 aliphatic heterocycles. The van der Waals surface area contributed by atoms with Gasteiger partial charge in [-0.2, -0.15) is 0 Å². The van der Waals surface area contributed by atoms with Crippen LogP contribution < -0.4 is 11.2 Å². The van der Waals surface area contributed by atoms with E-state index in [-0.39, 0.29) is 30.5 Å². The van der Waals surface area contributed by atoms with Gasteiger partial charge in [-0.25, -0.2) is 4.79 Å². The third-order valence-electron chi connectivity index (χ3n) is 4.65. The van der Waals surface area contributed by atoms with Crippen molar-refractivity contribution in [2.45, 2.75) is 38.8 Å². The maximum absolute atomic E-state index is 12.6. The molecule has 30 heavy (non-hydrogen) atoms. The minimum atomic E-state index is -0.665. The number of rotatable bonds is 9. The van der Waals surface area contributed by atoms with E-state index in [1.165, 1.54) is 6.21 Å². The third kappa shape index (κ3) is 7.12. The summed E-state index contributed by atoms with van der Waals surface area (Å²) in [5.41, 5.74) is 1.14. The number of nitrogens with zero attached hydrogens (tertiary/aromatic N) is 2. The number of nitrogens with two attached hydrogens (primary N) is 1. The predicted molar refractivity (Wildman–Crippen MR) is 108 cm³/mol. The summed E-state index contributed by atoms with van der Waals surface area (Å²) < 4.78 is 10.4. The van der Waals surface area contributed by atoms with Crippen molar-refractivity contribution in [1.82, 2.24) is 10.2 Å². The highest BCUT2D eigenvalue weighted by atomic mass is 16.7. The lowest BCUT2D eigenvalue weighted by molar-refractivity contribution is -0.152. The van der Waals surface area contributed by atoms with Crippen LogP contribution in [0.25, 0.3) is 0 Å². The fourth-order valence-electron chi connectivity index (χ4n) is 3.06. The summed E-state index contributed by atoms with van der Waals surface area (Å²) in [6, 6.07) is 5.95. The van der Waals surface area contributed by atoms with Crippen molar-refractivity contribution >= 4 is 24.0 Å². The lowest BCUT2D eigenvalue weighted by atomic mass is 10.1. The number of piperidine rings is 1. The number of benzene rings is 1. The quantitative estimate of drug-likeness (QED) is 0.340. The molecule has 0 aromatic heterocycles. The van der Waals surface area contributed by atoms with Crippen LogP contribution in [-0.2, 0) is 24.0 Å². The van der Waals surface area contributed by atoms with Crippen LogP contribution >= 0.6 is 0 Å². The highest BCUT2D eigenvalue weighted by Gasteiger charge is 2.27. The molecule has 2 amide bonds. The number of hydrogen-bond acceptors (Lipinski definition) is 8. The summed E-state index contributed by atoms with van der Waals surface area (Å²) in [4.78, 5) is 42.2. The molecule has 164 valence electrons. The molecule has 1 aliphatic rings. The van der Waals surface area contributed by atoms with Crippen molar-refractivity contribution in [2.24, 2.45) is 11.1 Å². The van der Waals surface area contributed by atoms with E-state index in [0.717, 1.165) is 0 Å². The second kappa shape index (κ2) is 11.9. The van der Waals surface area contributed by atoms with Gasteiger partial charge in [0.15, 0.2) is 0 Å². The molecule has 1 saturated heterocycles. The molecule has 3 N–H and O–H groups in total. The molecule has 1 aromatic carbocycles. The summed E-state index contributed by atoms with van der Waals surface area (Å²) in [6.45, 7) is 4.64. The summed E-state index contributed by atoms with van der Waals surface area (Å²) in [7, 11) is 0. The average molecular weight is 420 g/mol. The number of carbonyl (C=O) groups excluding carboxylic acids is 3. The second-order valence-electron chi connectivity index (χ2n) is 6.80. The minimum Gasteiger partial charge on any atom is -0.464 e. The second-order valence-corrected chi connectivity index (χ2v) is 6.80. The molecule has 0 aliphatic carbocycles. The fourth-order valence-corrected chi connectivity index (χ4v) is 3.06. The Morgan fingerprint density at radius 2 is 1.93 bits per heavy atom. The van der Waals surface area contributed by atoms with Crippen molar-refractivity contribution in [3.05, 3.63) is 35.4 Å². The van der Waals surface area contributed by atoms with E-state index in [4.69, 9.17) is 15.4 Å². The lowest BCUT2D eigenvalue weighted by Gasteiger charge is -2.33. The molecule has 10 heteroatoms. The number of ether oxygens (including phenoxy) is 2. The van der Waals surface area contributed by atoms with E-state index in [1.54, 1.807) is 43.0 Å². The van der Waals surface area contributed by atoms with Gasteiger partial charge in [0.25, 0.3) is 5.91 Å². The molecule has 1 heterocycles. The molecule has 0 unspecified atom stereocenters. The predicted octanol–water partition coefficient (Wildman–Crippen LogP) is 0.600. The SMILES string of the molecule is CCOC(=O)COC1CCN(C(=O)[C@H](C)NC(=O)c2ccc(C=NON)cc2)CC1. The number of oxime groups is 1. The molecular weight excluding hydrogens is 392 g/mol. The van der Waals surface area contributed by atoms with Crippen molar-refractivity contribution in [2.75, 3.05) is 26.3 Å². The number of nitrogens with one attached hydrogen (secondary N) is 1. The zero-order chi connectivity index (χ0) is 21.9. The van der Waals surface area contributed by atoms with Crippen LogP contribution in [0, 0.1) is 0 Å². The van der Waals surface area contributed by atoms with Gasteiger partial charge in [0.2, 0.25) is 5.91 Å². The van der Waals surface area contributed by atoms with Crippen LogP contribution in [0.4, 0.5) is 0 Å². The van der Waals surface area contributed by atoms with E-state index in [2.05, 4.69) is 15.4 Å². The van der Waals surface area contributed by atoms with Crippen molar-refractivity contribution < 1.29 is 28.8 Å². The van der Waals surface area contributed by atoms with Crippen LogP contribution in [0.3, 0.4) is 0 Å². The first-order chi connectivity index (χ1) is 14.4. The maximum Gasteiger partial charge on any atom is 0.332 e. The molecule has 0 bridgehead atoms. The Kier molecular flexibility index (Phi) is 9.23. The molecule has 0 spiro atoms. The van der Waals surface area contributed by atoms with Crippen LogP contribution in [0.15, 0.2) is 29.4 Å². The Hall–Kier alpha value is -2.98. The van der Waals surface area contributed by atoms with Gasteiger partial charge >= 0.3 is 5.97 Å². The van der Waals surface area contributed by atoms with Gasteiger partial charge in [-0.1, -0.05) is 17.3 Å². The number of amides is 2. The zero-order valence-electron chi connectivity index (χ0n) is 17.2. The molecule has 1 aromatic rings. The molecule has 1 atom stereocenters. The van der Waals surface area contributed by atoms with Crippen LogP contribution in [-0.4, -0.2) is 67.3 Å². The van der Waals surface area contributed by atoms with E-state index in [1.807, 2.05) is 0 Å². The fraction of sp³-hybridized carbons (Fsp3) is 0.500. The molecule has 0 radical (unpaired) electrons. The first-order valence-corrected chi connectivity index (χ1v) is 9.80. The van der Waals surface area contributed by atoms with Crippen molar-refractivity contribution in [3.63, 3.8) is 0 Å². The average Bonchev–Trinajstić information content (AvgIpc) is 2.76. The number of hydrogen-bond donors (Lipinski definition) is 2. The highest BCUT2D eigenvalue weighted by molar-refractivity contribution is 5.98. The Morgan fingerprint density at radius 1 is 1.27 bits per heavy atom. The van der Waals surface area contributed by atoms with Crippen molar-refractivity contribution in [1.29, 1.82) is 0 Å². The Labute approximate surface area is 175 Å². The molecular formula is C20H28N4O6. The first kappa shape index (κ1) is 23.3. The summed E-state index contributed by atoms with van der Waals surface area (Å²) in [5, 5.41) is 6.16.